The molecule has 0 saturated heterocycles. The van der Waals surface area contributed by atoms with Gasteiger partial charge in [0.25, 0.3) is 0 Å². The van der Waals surface area contributed by atoms with Crippen molar-refractivity contribution in [2.45, 2.75) is 24.7 Å². The lowest BCUT2D eigenvalue weighted by Crippen LogP contribution is -2.20. The number of halogens is 2. The molecule has 0 aromatic heterocycles. The Morgan fingerprint density at radius 3 is 2.58 bits per heavy atom. The van der Waals surface area contributed by atoms with Crippen LogP contribution in [0.15, 0.2) is 42.5 Å². The van der Waals surface area contributed by atoms with E-state index in [0.29, 0.717) is 15.6 Å². The highest BCUT2D eigenvalue weighted by molar-refractivity contribution is 6.42. The summed E-state index contributed by atoms with van der Waals surface area (Å²) in [5.41, 5.74) is 8.27. The highest BCUT2D eigenvalue weighted by Crippen LogP contribution is 2.41. The minimum atomic E-state index is -1.85. The maximum atomic E-state index is 8.30. The molecule has 0 amide bonds. The van der Waals surface area contributed by atoms with E-state index in [4.69, 9.17) is 33.0 Å². The van der Waals surface area contributed by atoms with E-state index in [2.05, 4.69) is 0 Å². The van der Waals surface area contributed by atoms with Gasteiger partial charge in [-0.15, -0.1) is 0 Å². The van der Waals surface area contributed by atoms with E-state index in [1.54, 1.807) is 24.3 Å². The van der Waals surface area contributed by atoms with Crippen LogP contribution in [0.3, 0.4) is 0 Å². The Morgan fingerprint density at radius 2 is 1.84 bits per heavy atom. The third kappa shape index (κ3) is 2.38. The van der Waals surface area contributed by atoms with Crippen molar-refractivity contribution in [2.24, 2.45) is 5.73 Å². The van der Waals surface area contributed by atoms with Crippen molar-refractivity contribution < 1.29 is 4.11 Å². The van der Waals surface area contributed by atoms with Gasteiger partial charge in [0.2, 0.25) is 0 Å². The quantitative estimate of drug-likeness (QED) is 0.794. The molecule has 0 fully saturated rings. The molecular formula is C16H15Cl2N. The van der Waals surface area contributed by atoms with Crippen LogP contribution in [0, 0.1) is 0 Å². The maximum absolute atomic E-state index is 8.30. The fourth-order valence-electron chi connectivity index (χ4n) is 2.49. The summed E-state index contributed by atoms with van der Waals surface area (Å²) in [6, 6.07) is 10.8. The molecule has 98 valence electrons. The zero-order chi connectivity index (χ0) is 16.1. The van der Waals surface area contributed by atoms with E-state index in [1.807, 2.05) is 18.2 Å². The average molecular weight is 295 g/mol. The SMILES string of the molecule is [2H]C1([2H])C[C@@H](c2ccc(Cl)c(Cl)c2)c2ccccc2[C@@]1([2H])N. The lowest BCUT2D eigenvalue weighted by molar-refractivity contribution is 0.530. The normalized spacial score (nSPS) is 30.9. The number of hydrogen-bond donors (Lipinski definition) is 1. The van der Waals surface area contributed by atoms with Crippen molar-refractivity contribution in [1.29, 1.82) is 0 Å². The fraction of sp³-hybridized carbons (Fsp3) is 0.250. The van der Waals surface area contributed by atoms with Crippen LogP contribution in [-0.2, 0) is 0 Å². The van der Waals surface area contributed by atoms with Gasteiger partial charge < -0.3 is 5.73 Å². The van der Waals surface area contributed by atoms with Crippen molar-refractivity contribution in [1.82, 2.24) is 0 Å². The second-order valence-electron chi connectivity index (χ2n) is 4.61. The molecule has 3 rings (SSSR count). The fourth-order valence-corrected chi connectivity index (χ4v) is 2.80. The molecule has 2 aromatic rings. The van der Waals surface area contributed by atoms with Gasteiger partial charge >= 0.3 is 0 Å². The molecule has 0 aliphatic heterocycles. The zero-order valence-electron chi connectivity index (χ0n) is 13.2. The first-order valence-corrected chi connectivity index (χ1v) is 6.83. The highest BCUT2D eigenvalue weighted by atomic mass is 35.5. The molecule has 0 spiro atoms. The monoisotopic (exact) mass is 294 g/mol. The van der Waals surface area contributed by atoms with Crippen LogP contribution < -0.4 is 5.73 Å². The number of nitrogens with two attached hydrogens (primary N) is 1. The number of rotatable bonds is 1. The molecule has 2 atom stereocenters. The van der Waals surface area contributed by atoms with Gasteiger partial charge in [0.1, 0.15) is 0 Å². The Balaban J connectivity index is 2.19. The first-order chi connectivity index (χ1) is 10.2. The highest BCUT2D eigenvalue weighted by Gasteiger charge is 2.26. The number of benzene rings is 2. The molecule has 1 aliphatic carbocycles. The molecular weight excluding hydrogens is 277 g/mol. The summed E-state index contributed by atoms with van der Waals surface area (Å²) in [7, 11) is 0. The van der Waals surface area contributed by atoms with Crippen LogP contribution in [0.25, 0.3) is 0 Å². The van der Waals surface area contributed by atoms with Crippen molar-refractivity contribution >= 4 is 23.2 Å². The summed E-state index contributed by atoms with van der Waals surface area (Å²) >= 11 is 12.1. The number of hydrogen-bond acceptors (Lipinski definition) is 1. The average Bonchev–Trinajstić information content (AvgIpc) is 2.46. The van der Waals surface area contributed by atoms with Crippen LogP contribution in [-0.4, -0.2) is 0 Å². The topological polar surface area (TPSA) is 26.0 Å². The molecule has 0 radical (unpaired) electrons. The van der Waals surface area contributed by atoms with E-state index >= 15 is 0 Å². The largest absolute Gasteiger partial charge is 0.324 e. The van der Waals surface area contributed by atoms with Gasteiger partial charge in [-0.25, -0.2) is 0 Å². The summed E-state index contributed by atoms with van der Waals surface area (Å²) in [5, 5.41) is 0.902. The third-order valence-electron chi connectivity index (χ3n) is 3.47. The summed E-state index contributed by atoms with van der Waals surface area (Å²) in [4.78, 5) is 0. The number of fused-ring (bicyclic) bond motifs is 1. The predicted molar refractivity (Wildman–Crippen MR) is 80.9 cm³/mol. The van der Waals surface area contributed by atoms with Crippen LogP contribution in [0.4, 0.5) is 0 Å². The summed E-state index contributed by atoms with van der Waals surface area (Å²) in [6.07, 6.45) is -1.72. The van der Waals surface area contributed by atoms with Crippen LogP contribution in [0.5, 0.6) is 0 Å². The van der Waals surface area contributed by atoms with Crippen molar-refractivity contribution in [3.05, 3.63) is 69.2 Å². The van der Waals surface area contributed by atoms with Crippen molar-refractivity contribution in [3.8, 4) is 0 Å². The maximum Gasteiger partial charge on any atom is 0.0595 e. The van der Waals surface area contributed by atoms with Crippen LogP contribution >= 0.6 is 23.2 Å². The van der Waals surface area contributed by atoms with E-state index in [9.17, 15) is 0 Å². The summed E-state index contributed by atoms with van der Waals surface area (Å²) < 4.78 is 24.8. The Labute approximate surface area is 127 Å². The smallest absolute Gasteiger partial charge is 0.0595 e. The molecule has 3 heteroatoms. The predicted octanol–water partition coefficient (Wildman–Crippen LogP) is 4.92. The zero-order valence-corrected chi connectivity index (χ0v) is 11.7. The molecule has 0 heterocycles. The van der Waals surface area contributed by atoms with Gasteiger partial charge in [-0.2, -0.15) is 0 Å². The van der Waals surface area contributed by atoms with Crippen molar-refractivity contribution in [3.63, 3.8) is 0 Å². The molecule has 2 N–H and O–H groups in total. The molecule has 19 heavy (non-hydrogen) atoms. The van der Waals surface area contributed by atoms with Gasteiger partial charge in [-0.3, -0.25) is 0 Å². The summed E-state index contributed by atoms with van der Waals surface area (Å²) in [5.74, 6) is -0.206. The van der Waals surface area contributed by atoms with Crippen LogP contribution in [0.2, 0.25) is 10.0 Å². The first-order valence-electron chi connectivity index (χ1n) is 7.57. The van der Waals surface area contributed by atoms with E-state index < -0.39 is 12.4 Å². The molecule has 0 saturated carbocycles. The standard InChI is InChI=1S/C16H15Cl2N/c17-14-7-5-10(9-15(14)18)11-6-8-16(19)13-4-2-1-3-12(11)13/h1-5,7,9,11,16H,6,8,19H2/t11-,16-/m0/s1/i8D2,16D. The van der Waals surface area contributed by atoms with Crippen LogP contribution in [0.1, 0.15) is 45.5 Å². The Hall–Kier alpha value is -1.02. The van der Waals surface area contributed by atoms with E-state index in [0.717, 1.165) is 11.1 Å². The van der Waals surface area contributed by atoms with E-state index in [1.165, 1.54) is 0 Å². The van der Waals surface area contributed by atoms with Crippen molar-refractivity contribution in [2.75, 3.05) is 0 Å². The van der Waals surface area contributed by atoms with Gasteiger partial charge in [-0.1, -0.05) is 53.5 Å². The first kappa shape index (κ1) is 9.82. The molecule has 0 unspecified atom stereocenters. The lowest BCUT2D eigenvalue weighted by Gasteiger charge is -2.30. The van der Waals surface area contributed by atoms with Gasteiger partial charge in [0, 0.05) is 14.7 Å². The molecule has 2 aromatic carbocycles. The van der Waals surface area contributed by atoms with E-state index in [-0.39, 0.29) is 12.3 Å². The third-order valence-corrected chi connectivity index (χ3v) is 4.21. The molecule has 1 aliphatic rings. The van der Waals surface area contributed by atoms with Gasteiger partial charge in [0.05, 0.1) is 11.4 Å². The molecule has 0 bridgehead atoms. The lowest BCUT2D eigenvalue weighted by atomic mass is 9.77. The minimum absolute atomic E-state index is 0.127. The Bertz CT molecular complexity index is 731. The van der Waals surface area contributed by atoms with Gasteiger partial charge in [0.15, 0.2) is 0 Å². The summed E-state index contributed by atoms with van der Waals surface area (Å²) in [6.45, 7) is 0. The molecule has 1 nitrogen and oxygen atoms in total. The Kier molecular flexibility index (Phi) is 2.67. The Morgan fingerprint density at radius 1 is 1.11 bits per heavy atom. The minimum Gasteiger partial charge on any atom is -0.324 e. The second-order valence-corrected chi connectivity index (χ2v) is 5.42. The second kappa shape index (κ2) is 5.16. The van der Waals surface area contributed by atoms with Gasteiger partial charge in [-0.05, 0) is 41.6 Å².